The number of rotatable bonds is 9. The van der Waals surface area contributed by atoms with E-state index in [2.05, 4.69) is 20.1 Å². The maximum absolute atomic E-state index is 12.3. The van der Waals surface area contributed by atoms with Crippen molar-refractivity contribution in [1.82, 2.24) is 14.8 Å². The van der Waals surface area contributed by atoms with Crippen LogP contribution < -0.4 is 5.32 Å². The third kappa shape index (κ3) is 5.43. The van der Waals surface area contributed by atoms with Crippen LogP contribution in [0.15, 0.2) is 59.8 Å². The van der Waals surface area contributed by atoms with Crippen LogP contribution in [0.5, 0.6) is 0 Å². The first-order chi connectivity index (χ1) is 13.7. The van der Waals surface area contributed by atoms with Crippen molar-refractivity contribution in [3.63, 3.8) is 0 Å². The predicted molar refractivity (Wildman–Crippen MR) is 112 cm³/mol. The lowest BCUT2D eigenvalue weighted by Gasteiger charge is -2.10. The maximum atomic E-state index is 12.3. The molecule has 1 N–H and O–H groups in total. The predicted octanol–water partition coefficient (Wildman–Crippen LogP) is 4.02. The van der Waals surface area contributed by atoms with E-state index in [1.165, 1.54) is 11.8 Å². The number of nitrogens with zero attached hydrogens (tertiary/aromatic N) is 3. The molecule has 7 heteroatoms. The summed E-state index contributed by atoms with van der Waals surface area (Å²) in [6, 6.07) is 17.7. The summed E-state index contributed by atoms with van der Waals surface area (Å²) in [5.41, 5.74) is 2.91. The molecule has 1 heterocycles. The van der Waals surface area contributed by atoms with Gasteiger partial charge in [0.25, 0.3) is 0 Å². The Morgan fingerprint density at radius 2 is 1.96 bits per heavy atom. The molecule has 2 aromatic carbocycles. The molecule has 28 heavy (non-hydrogen) atoms. The smallest absolute Gasteiger partial charge is 0.234 e. The van der Waals surface area contributed by atoms with Crippen LogP contribution in [0.1, 0.15) is 12.0 Å². The second-order valence-electron chi connectivity index (χ2n) is 6.38. The molecule has 0 aliphatic carbocycles. The van der Waals surface area contributed by atoms with Crippen molar-refractivity contribution >= 4 is 23.4 Å². The Hall–Kier alpha value is -2.64. The average molecular weight is 397 g/mol. The third-order valence-electron chi connectivity index (χ3n) is 4.11. The highest BCUT2D eigenvalue weighted by molar-refractivity contribution is 7.99. The number of methoxy groups -OCH3 is 1. The van der Waals surface area contributed by atoms with E-state index in [1.807, 2.05) is 61.5 Å². The number of ether oxygens (including phenoxy) is 1. The lowest BCUT2D eigenvalue weighted by molar-refractivity contribution is -0.113. The lowest BCUT2D eigenvalue weighted by Crippen LogP contribution is -2.15. The van der Waals surface area contributed by atoms with Crippen LogP contribution in [0.2, 0.25) is 0 Å². The molecule has 3 aromatic rings. The lowest BCUT2D eigenvalue weighted by atomic mass is 10.2. The molecule has 0 fully saturated rings. The highest BCUT2D eigenvalue weighted by atomic mass is 32.2. The summed E-state index contributed by atoms with van der Waals surface area (Å²) in [5, 5.41) is 12.3. The van der Waals surface area contributed by atoms with E-state index < -0.39 is 0 Å². The Morgan fingerprint density at radius 1 is 1.14 bits per heavy atom. The van der Waals surface area contributed by atoms with Crippen LogP contribution in [-0.2, 0) is 16.1 Å². The van der Waals surface area contributed by atoms with Crippen molar-refractivity contribution in [1.29, 1.82) is 0 Å². The summed E-state index contributed by atoms with van der Waals surface area (Å²) >= 11 is 1.39. The molecule has 3 rings (SSSR count). The zero-order valence-electron chi connectivity index (χ0n) is 16.1. The largest absolute Gasteiger partial charge is 0.385 e. The molecule has 0 saturated carbocycles. The van der Waals surface area contributed by atoms with Crippen molar-refractivity contribution in [3.05, 3.63) is 60.2 Å². The summed E-state index contributed by atoms with van der Waals surface area (Å²) in [5.74, 6) is 1.01. The number of benzene rings is 2. The quantitative estimate of drug-likeness (QED) is 0.437. The average Bonchev–Trinajstić information content (AvgIpc) is 3.10. The van der Waals surface area contributed by atoms with Crippen LogP contribution in [0.3, 0.4) is 0 Å². The van der Waals surface area contributed by atoms with Crippen LogP contribution in [0.25, 0.3) is 11.4 Å². The monoisotopic (exact) mass is 396 g/mol. The van der Waals surface area contributed by atoms with E-state index in [0.717, 1.165) is 40.8 Å². The molecule has 0 atom stereocenters. The summed E-state index contributed by atoms with van der Waals surface area (Å²) in [7, 11) is 1.69. The van der Waals surface area contributed by atoms with Gasteiger partial charge in [0.05, 0.1) is 5.75 Å². The van der Waals surface area contributed by atoms with Gasteiger partial charge in [-0.1, -0.05) is 54.2 Å². The highest BCUT2D eigenvalue weighted by Crippen LogP contribution is 2.24. The SMILES string of the molecule is COCCCn1c(SCC(=O)Nc2cccc(C)c2)nnc1-c1ccccc1. The van der Waals surface area contributed by atoms with Gasteiger partial charge in [0.15, 0.2) is 11.0 Å². The van der Waals surface area contributed by atoms with Gasteiger partial charge in [-0.25, -0.2) is 0 Å². The molecule has 0 unspecified atom stereocenters. The van der Waals surface area contributed by atoms with Gasteiger partial charge in [-0.3, -0.25) is 4.79 Å². The van der Waals surface area contributed by atoms with Crippen LogP contribution >= 0.6 is 11.8 Å². The minimum Gasteiger partial charge on any atom is -0.385 e. The standard InChI is InChI=1S/C21H24N4O2S/c1-16-8-6-11-18(14-16)22-19(26)15-28-21-24-23-20(17-9-4-3-5-10-17)25(21)12-7-13-27-2/h3-6,8-11,14H,7,12-13,15H2,1-2H3,(H,22,26). The molecule has 6 nitrogen and oxygen atoms in total. The Kier molecular flexibility index (Phi) is 7.22. The van der Waals surface area contributed by atoms with E-state index >= 15 is 0 Å². The van der Waals surface area contributed by atoms with Crippen molar-refractivity contribution in [2.24, 2.45) is 0 Å². The molecule has 0 bridgehead atoms. The number of nitrogens with one attached hydrogen (secondary N) is 1. The van der Waals surface area contributed by atoms with Crippen molar-refractivity contribution < 1.29 is 9.53 Å². The first-order valence-electron chi connectivity index (χ1n) is 9.14. The Labute approximate surface area is 169 Å². The van der Waals surface area contributed by atoms with Gasteiger partial charge in [0, 0.05) is 31.5 Å². The Balaban J connectivity index is 1.70. The second kappa shape index (κ2) is 10.1. The summed E-state index contributed by atoms with van der Waals surface area (Å²) in [6.45, 7) is 3.38. The fourth-order valence-corrected chi connectivity index (χ4v) is 3.58. The van der Waals surface area contributed by atoms with Crippen molar-refractivity contribution in [2.45, 2.75) is 25.0 Å². The number of anilines is 1. The fourth-order valence-electron chi connectivity index (χ4n) is 2.81. The number of carbonyl (C=O) groups is 1. The number of hydrogen-bond donors (Lipinski definition) is 1. The van der Waals surface area contributed by atoms with E-state index in [9.17, 15) is 4.79 Å². The zero-order chi connectivity index (χ0) is 19.8. The Bertz CT molecular complexity index is 912. The van der Waals surface area contributed by atoms with Gasteiger partial charge in [-0.05, 0) is 31.0 Å². The molecule has 0 aliphatic heterocycles. The second-order valence-corrected chi connectivity index (χ2v) is 7.32. The first kappa shape index (κ1) is 20.1. The number of thioether (sulfide) groups is 1. The van der Waals surface area contributed by atoms with E-state index in [0.29, 0.717) is 6.61 Å². The van der Waals surface area contributed by atoms with E-state index in [1.54, 1.807) is 7.11 Å². The first-order valence-corrected chi connectivity index (χ1v) is 10.1. The number of aromatic nitrogens is 3. The summed E-state index contributed by atoms with van der Waals surface area (Å²) < 4.78 is 7.23. The fraction of sp³-hybridized carbons (Fsp3) is 0.286. The van der Waals surface area contributed by atoms with Gasteiger partial charge in [-0.15, -0.1) is 10.2 Å². The summed E-state index contributed by atoms with van der Waals surface area (Å²) in [4.78, 5) is 12.3. The third-order valence-corrected chi connectivity index (χ3v) is 5.08. The molecular formula is C21H24N4O2S. The van der Waals surface area contributed by atoms with Crippen LogP contribution in [-0.4, -0.2) is 40.1 Å². The summed E-state index contributed by atoms with van der Waals surface area (Å²) in [6.07, 6.45) is 0.845. The molecule has 0 aliphatic rings. The van der Waals surface area contributed by atoms with Crippen LogP contribution in [0, 0.1) is 6.92 Å². The number of aryl methyl sites for hydroxylation is 1. The highest BCUT2D eigenvalue weighted by Gasteiger charge is 2.15. The zero-order valence-corrected chi connectivity index (χ0v) is 16.9. The van der Waals surface area contributed by atoms with Gasteiger partial charge < -0.3 is 14.6 Å². The van der Waals surface area contributed by atoms with Gasteiger partial charge in [0.2, 0.25) is 5.91 Å². The van der Waals surface area contributed by atoms with E-state index in [4.69, 9.17) is 4.74 Å². The van der Waals surface area contributed by atoms with Gasteiger partial charge in [-0.2, -0.15) is 0 Å². The molecule has 146 valence electrons. The van der Waals surface area contributed by atoms with Gasteiger partial charge in [0.1, 0.15) is 0 Å². The normalized spacial score (nSPS) is 10.8. The van der Waals surface area contributed by atoms with Gasteiger partial charge >= 0.3 is 0 Å². The molecule has 1 amide bonds. The Morgan fingerprint density at radius 3 is 2.71 bits per heavy atom. The van der Waals surface area contributed by atoms with Crippen molar-refractivity contribution in [2.75, 3.05) is 24.8 Å². The minimum atomic E-state index is -0.0664. The van der Waals surface area contributed by atoms with E-state index in [-0.39, 0.29) is 11.7 Å². The molecule has 1 aromatic heterocycles. The molecular weight excluding hydrogens is 372 g/mol. The number of hydrogen-bond acceptors (Lipinski definition) is 5. The topological polar surface area (TPSA) is 69.0 Å². The molecule has 0 saturated heterocycles. The molecule has 0 spiro atoms. The number of amides is 1. The van der Waals surface area contributed by atoms with Crippen LogP contribution in [0.4, 0.5) is 5.69 Å². The van der Waals surface area contributed by atoms with Crippen molar-refractivity contribution in [3.8, 4) is 11.4 Å². The molecule has 0 radical (unpaired) electrons. The maximum Gasteiger partial charge on any atom is 0.234 e. The number of carbonyl (C=O) groups excluding carboxylic acids is 1. The minimum absolute atomic E-state index is 0.0664.